The van der Waals surface area contributed by atoms with E-state index < -0.39 is 0 Å². The van der Waals surface area contributed by atoms with Crippen molar-refractivity contribution in [3.63, 3.8) is 0 Å². The molecule has 1 aliphatic rings. The van der Waals surface area contributed by atoms with Crippen LogP contribution < -0.4 is 5.73 Å². The minimum Gasteiger partial charge on any atom is -0.329 e. The van der Waals surface area contributed by atoms with Crippen molar-refractivity contribution in [2.45, 2.75) is 38.8 Å². The fraction of sp³-hybridized carbons (Fsp3) is 0.571. The number of hydrogen-bond donors (Lipinski definition) is 1. The Labute approximate surface area is 98.4 Å². The van der Waals surface area contributed by atoms with Crippen LogP contribution in [-0.4, -0.2) is 24.0 Å². The molecule has 2 rings (SSSR count). The molecule has 1 aliphatic heterocycles. The quantitative estimate of drug-likeness (QED) is 0.839. The van der Waals surface area contributed by atoms with Crippen molar-refractivity contribution in [3.05, 3.63) is 35.4 Å². The highest BCUT2D eigenvalue weighted by Gasteiger charge is 2.21. The molecule has 0 saturated heterocycles. The topological polar surface area (TPSA) is 29.3 Å². The average Bonchev–Trinajstić information content (AvgIpc) is 2.35. The van der Waals surface area contributed by atoms with E-state index in [9.17, 15) is 0 Å². The summed E-state index contributed by atoms with van der Waals surface area (Å²) in [6, 6.07) is 9.35. The maximum Gasteiger partial charge on any atom is 0.0240 e. The molecule has 2 N–H and O–H groups in total. The van der Waals surface area contributed by atoms with Crippen molar-refractivity contribution in [1.82, 2.24) is 4.90 Å². The fourth-order valence-electron chi connectivity index (χ4n) is 2.61. The van der Waals surface area contributed by atoms with Crippen LogP contribution in [0.4, 0.5) is 0 Å². The first-order valence-corrected chi connectivity index (χ1v) is 6.36. The smallest absolute Gasteiger partial charge is 0.0240 e. The summed E-state index contributed by atoms with van der Waals surface area (Å²) in [5.74, 6) is 0. The maximum absolute atomic E-state index is 5.87. The van der Waals surface area contributed by atoms with Gasteiger partial charge in [-0.05, 0) is 24.0 Å². The SMILES string of the molecule is CCCC(CN)N1CCc2ccccc2C1. The molecule has 0 radical (unpaired) electrons. The molecule has 1 unspecified atom stereocenters. The lowest BCUT2D eigenvalue weighted by Gasteiger charge is -2.35. The van der Waals surface area contributed by atoms with Crippen LogP contribution in [0.1, 0.15) is 30.9 Å². The lowest BCUT2D eigenvalue weighted by molar-refractivity contribution is 0.173. The first kappa shape index (κ1) is 11.6. The first-order chi connectivity index (χ1) is 7.85. The van der Waals surface area contributed by atoms with Crippen LogP contribution in [0.15, 0.2) is 24.3 Å². The third-order valence-electron chi connectivity index (χ3n) is 3.57. The Morgan fingerprint density at radius 2 is 2.06 bits per heavy atom. The van der Waals surface area contributed by atoms with Crippen LogP contribution in [-0.2, 0) is 13.0 Å². The molecule has 2 nitrogen and oxygen atoms in total. The number of hydrogen-bond acceptors (Lipinski definition) is 2. The molecule has 0 saturated carbocycles. The highest BCUT2D eigenvalue weighted by molar-refractivity contribution is 5.29. The third kappa shape index (κ3) is 2.45. The number of nitrogens with two attached hydrogens (primary N) is 1. The maximum atomic E-state index is 5.87. The molecular formula is C14H22N2. The molecule has 0 aliphatic carbocycles. The Morgan fingerprint density at radius 1 is 1.31 bits per heavy atom. The zero-order valence-electron chi connectivity index (χ0n) is 10.2. The molecule has 0 amide bonds. The summed E-state index contributed by atoms with van der Waals surface area (Å²) in [7, 11) is 0. The minimum absolute atomic E-state index is 0.568. The monoisotopic (exact) mass is 218 g/mol. The van der Waals surface area contributed by atoms with E-state index in [1.54, 1.807) is 0 Å². The van der Waals surface area contributed by atoms with E-state index in [0.29, 0.717) is 6.04 Å². The summed E-state index contributed by atoms with van der Waals surface area (Å²) in [5, 5.41) is 0. The lowest BCUT2D eigenvalue weighted by Crippen LogP contribution is -2.43. The largest absolute Gasteiger partial charge is 0.329 e. The predicted octanol–water partition coefficient (Wildman–Crippen LogP) is 2.17. The second-order valence-electron chi connectivity index (χ2n) is 4.67. The van der Waals surface area contributed by atoms with E-state index in [-0.39, 0.29) is 0 Å². The highest BCUT2D eigenvalue weighted by Crippen LogP contribution is 2.21. The lowest BCUT2D eigenvalue weighted by atomic mass is 9.97. The Hall–Kier alpha value is -0.860. The van der Waals surface area contributed by atoms with Gasteiger partial charge in [-0.2, -0.15) is 0 Å². The second kappa shape index (κ2) is 5.46. The Kier molecular flexibility index (Phi) is 3.97. The molecule has 16 heavy (non-hydrogen) atoms. The zero-order chi connectivity index (χ0) is 11.4. The molecule has 2 heteroatoms. The van der Waals surface area contributed by atoms with Gasteiger partial charge < -0.3 is 5.73 Å². The van der Waals surface area contributed by atoms with Crippen LogP contribution in [0, 0.1) is 0 Å². The number of benzene rings is 1. The molecule has 1 aromatic rings. The van der Waals surface area contributed by atoms with Gasteiger partial charge in [-0.3, -0.25) is 4.90 Å². The van der Waals surface area contributed by atoms with Crippen LogP contribution in [0.25, 0.3) is 0 Å². The van der Waals surface area contributed by atoms with Crippen molar-refractivity contribution in [2.24, 2.45) is 5.73 Å². The molecule has 0 spiro atoms. The Balaban J connectivity index is 2.06. The first-order valence-electron chi connectivity index (χ1n) is 6.36. The van der Waals surface area contributed by atoms with Crippen LogP contribution in [0.2, 0.25) is 0 Å². The van der Waals surface area contributed by atoms with Crippen LogP contribution in [0.3, 0.4) is 0 Å². The highest BCUT2D eigenvalue weighted by atomic mass is 15.2. The zero-order valence-corrected chi connectivity index (χ0v) is 10.2. The van der Waals surface area contributed by atoms with E-state index >= 15 is 0 Å². The van der Waals surface area contributed by atoms with Gasteiger partial charge in [0.05, 0.1) is 0 Å². The summed E-state index contributed by atoms with van der Waals surface area (Å²) >= 11 is 0. The van der Waals surface area contributed by atoms with E-state index in [1.165, 1.54) is 36.9 Å². The standard InChI is InChI=1S/C14H22N2/c1-2-5-14(10-15)16-9-8-12-6-3-4-7-13(12)11-16/h3-4,6-7,14H,2,5,8-11,15H2,1H3. The van der Waals surface area contributed by atoms with Gasteiger partial charge in [-0.1, -0.05) is 37.6 Å². The number of fused-ring (bicyclic) bond motifs is 1. The third-order valence-corrected chi connectivity index (χ3v) is 3.57. The van der Waals surface area contributed by atoms with Crippen LogP contribution >= 0.6 is 0 Å². The second-order valence-corrected chi connectivity index (χ2v) is 4.67. The molecule has 0 fully saturated rings. The van der Waals surface area contributed by atoms with Gasteiger partial charge in [-0.15, -0.1) is 0 Å². The number of nitrogens with zero attached hydrogens (tertiary/aromatic N) is 1. The molecular weight excluding hydrogens is 196 g/mol. The Morgan fingerprint density at radius 3 is 2.75 bits per heavy atom. The van der Waals surface area contributed by atoms with Gasteiger partial charge in [-0.25, -0.2) is 0 Å². The van der Waals surface area contributed by atoms with Crippen LogP contribution in [0.5, 0.6) is 0 Å². The van der Waals surface area contributed by atoms with Gasteiger partial charge in [0.25, 0.3) is 0 Å². The summed E-state index contributed by atoms with van der Waals surface area (Å²) < 4.78 is 0. The van der Waals surface area contributed by atoms with E-state index in [4.69, 9.17) is 5.73 Å². The fourth-order valence-corrected chi connectivity index (χ4v) is 2.61. The average molecular weight is 218 g/mol. The molecule has 1 heterocycles. The van der Waals surface area contributed by atoms with Crippen molar-refractivity contribution < 1.29 is 0 Å². The van der Waals surface area contributed by atoms with Crippen molar-refractivity contribution in [3.8, 4) is 0 Å². The van der Waals surface area contributed by atoms with E-state index in [2.05, 4.69) is 36.1 Å². The molecule has 1 atom stereocenters. The van der Waals surface area contributed by atoms with Crippen molar-refractivity contribution in [1.29, 1.82) is 0 Å². The number of rotatable bonds is 4. The van der Waals surface area contributed by atoms with Gasteiger partial charge >= 0.3 is 0 Å². The predicted molar refractivity (Wildman–Crippen MR) is 68.3 cm³/mol. The Bertz CT molecular complexity index is 335. The van der Waals surface area contributed by atoms with E-state index in [1.807, 2.05) is 0 Å². The van der Waals surface area contributed by atoms with E-state index in [0.717, 1.165) is 13.1 Å². The normalized spacial score (nSPS) is 18.1. The van der Waals surface area contributed by atoms with Gasteiger partial charge in [0.2, 0.25) is 0 Å². The van der Waals surface area contributed by atoms with Crippen molar-refractivity contribution in [2.75, 3.05) is 13.1 Å². The summed E-state index contributed by atoms with van der Waals surface area (Å²) in [6.45, 7) is 5.27. The van der Waals surface area contributed by atoms with Gasteiger partial charge in [0.1, 0.15) is 0 Å². The minimum atomic E-state index is 0.568. The van der Waals surface area contributed by atoms with Crippen molar-refractivity contribution >= 4 is 0 Å². The summed E-state index contributed by atoms with van der Waals surface area (Å²) in [6.07, 6.45) is 3.62. The van der Waals surface area contributed by atoms with Gasteiger partial charge in [0, 0.05) is 25.7 Å². The summed E-state index contributed by atoms with van der Waals surface area (Å²) in [5.41, 5.74) is 8.88. The molecule has 0 bridgehead atoms. The summed E-state index contributed by atoms with van der Waals surface area (Å²) in [4.78, 5) is 2.55. The van der Waals surface area contributed by atoms with Gasteiger partial charge in [0.15, 0.2) is 0 Å². The molecule has 0 aromatic heterocycles. The molecule has 88 valence electrons. The molecule has 1 aromatic carbocycles.